The Bertz CT molecular complexity index is 557. The van der Waals surface area contributed by atoms with Gasteiger partial charge in [-0.15, -0.1) is 11.8 Å². The van der Waals surface area contributed by atoms with Crippen LogP contribution < -0.4 is 5.73 Å². The zero-order chi connectivity index (χ0) is 14.5. The van der Waals surface area contributed by atoms with Gasteiger partial charge in [0.05, 0.1) is 0 Å². The quantitative estimate of drug-likeness (QED) is 0.801. The van der Waals surface area contributed by atoms with E-state index >= 15 is 0 Å². The van der Waals surface area contributed by atoms with E-state index in [0.717, 1.165) is 15.9 Å². The van der Waals surface area contributed by atoms with Crippen LogP contribution in [0.3, 0.4) is 0 Å². The zero-order valence-corrected chi connectivity index (χ0v) is 14.1. The average Bonchev–Trinajstić information content (AvgIpc) is 2.49. The lowest BCUT2D eigenvalue weighted by molar-refractivity contribution is 0.713. The summed E-state index contributed by atoms with van der Waals surface area (Å²) in [6.07, 6.45) is 2.86. The molecule has 0 aliphatic rings. The second-order valence-corrected chi connectivity index (χ2v) is 6.95. The van der Waals surface area contributed by atoms with E-state index in [0.29, 0.717) is 0 Å². The first-order valence-corrected chi connectivity index (χ1v) is 8.40. The molecule has 1 aromatic carbocycles. The Morgan fingerprint density at radius 2 is 1.95 bits per heavy atom. The Labute approximate surface area is 133 Å². The molecule has 2 unspecified atom stereocenters. The fourth-order valence-corrected chi connectivity index (χ4v) is 3.45. The van der Waals surface area contributed by atoms with E-state index in [1.807, 2.05) is 12.1 Å². The predicted molar refractivity (Wildman–Crippen MR) is 90.0 cm³/mol. The number of aromatic nitrogens is 1. The molecule has 2 N–H and O–H groups in total. The SMILES string of the molecule is CCc1ccc(C(N)C(C)Sc2ncccc2Br)cc1. The van der Waals surface area contributed by atoms with E-state index < -0.39 is 0 Å². The number of nitrogens with two attached hydrogens (primary N) is 1. The maximum Gasteiger partial charge on any atom is 0.110 e. The van der Waals surface area contributed by atoms with Gasteiger partial charge in [-0.3, -0.25) is 0 Å². The maximum absolute atomic E-state index is 6.36. The van der Waals surface area contributed by atoms with Crippen molar-refractivity contribution in [3.63, 3.8) is 0 Å². The first kappa shape index (κ1) is 15.5. The van der Waals surface area contributed by atoms with Crippen molar-refractivity contribution in [2.75, 3.05) is 0 Å². The molecule has 0 bridgehead atoms. The first-order chi connectivity index (χ1) is 9.61. The van der Waals surface area contributed by atoms with Crippen molar-refractivity contribution in [3.8, 4) is 0 Å². The van der Waals surface area contributed by atoms with Gasteiger partial charge in [0.2, 0.25) is 0 Å². The van der Waals surface area contributed by atoms with Gasteiger partial charge in [0, 0.05) is 22.0 Å². The molecule has 0 amide bonds. The van der Waals surface area contributed by atoms with Gasteiger partial charge in [0.25, 0.3) is 0 Å². The molecule has 0 aliphatic carbocycles. The minimum Gasteiger partial charge on any atom is -0.323 e. The third-order valence-corrected chi connectivity index (χ3v) is 5.42. The van der Waals surface area contributed by atoms with Crippen molar-refractivity contribution in [2.45, 2.75) is 36.6 Å². The highest BCUT2D eigenvalue weighted by atomic mass is 79.9. The van der Waals surface area contributed by atoms with Gasteiger partial charge >= 0.3 is 0 Å². The van der Waals surface area contributed by atoms with E-state index in [1.165, 1.54) is 11.1 Å². The first-order valence-electron chi connectivity index (χ1n) is 6.73. The molecule has 4 heteroatoms. The normalized spacial score (nSPS) is 14.0. The van der Waals surface area contributed by atoms with Gasteiger partial charge in [0.15, 0.2) is 0 Å². The van der Waals surface area contributed by atoms with Crippen LogP contribution in [0.2, 0.25) is 0 Å². The third-order valence-electron chi connectivity index (χ3n) is 3.30. The summed E-state index contributed by atoms with van der Waals surface area (Å²) in [4.78, 5) is 4.38. The smallest absolute Gasteiger partial charge is 0.110 e. The Morgan fingerprint density at radius 1 is 1.25 bits per heavy atom. The molecule has 0 saturated carbocycles. The number of hydrogen-bond donors (Lipinski definition) is 1. The largest absolute Gasteiger partial charge is 0.323 e. The van der Waals surface area contributed by atoms with E-state index in [2.05, 4.69) is 59.0 Å². The van der Waals surface area contributed by atoms with E-state index in [4.69, 9.17) is 5.73 Å². The number of nitrogens with zero attached hydrogens (tertiary/aromatic N) is 1. The Kier molecular flexibility index (Phi) is 5.64. The highest BCUT2D eigenvalue weighted by Crippen LogP contribution is 2.33. The van der Waals surface area contributed by atoms with Crippen LogP contribution >= 0.6 is 27.7 Å². The minimum atomic E-state index is -0.000174. The van der Waals surface area contributed by atoms with Crippen LogP contribution in [0.1, 0.15) is 31.0 Å². The number of benzene rings is 1. The lowest BCUT2D eigenvalue weighted by atomic mass is 10.0. The van der Waals surface area contributed by atoms with Gasteiger partial charge in [-0.2, -0.15) is 0 Å². The molecule has 0 aliphatic heterocycles. The van der Waals surface area contributed by atoms with Crippen molar-refractivity contribution in [2.24, 2.45) is 5.73 Å². The molecule has 1 heterocycles. The summed E-state index contributed by atoms with van der Waals surface area (Å²) in [5.74, 6) is 0. The van der Waals surface area contributed by atoms with Crippen LogP contribution in [-0.4, -0.2) is 10.2 Å². The van der Waals surface area contributed by atoms with E-state index in [-0.39, 0.29) is 11.3 Å². The molecule has 106 valence electrons. The summed E-state index contributed by atoms with van der Waals surface area (Å²) in [6.45, 7) is 4.30. The second kappa shape index (κ2) is 7.25. The monoisotopic (exact) mass is 350 g/mol. The lowest BCUT2D eigenvalue weighted by Gasteiger charge is -2.20. The van der Waals surface area contributed by atoms with Crippen LogP contribution in [0.15, 0.2) is 52.1 Å². The molecule has 0 fully saturated rings. The van der Waals surface area contributed by atoms with Gasteiger partial charge < -0.3 is 5.73 Å². The number of pyridine rings is 1. The molecule has 2 atom stereocenters. The van der Waals surface area contributed by atoms with Crippen LogP contribution in [0, 0.1) is 0 Å². The number of aryl methyl sites for hydroxylation is 1. The molecular weight excluding hydrogens is 332 g/mol. The van der Waals surface area contributed by atoms with Gasteiger partial charge in [-0.1, -0.05) is 38.1 Å². The summed E-state index contributed by atoms with van der Waals surface area (Å²) >= 11 is 5.22. The Morgan fingerprint density at radius 3 is 2.55 bits per heavy atom. The predicted octanol–water partition coefficient (Wildman–Crippen LogP) is 4.59. The van der Waals surface area contributed by atoms with Gasteiger partial charge in [-0.05, 0) is 45.6 Å². The van der Waals surface area contributed by atoms with E-state index in [9.17, 15) is 0 Å². The van der Waals surface area contributed by atoms with Crippen molar-refractivity contribution >= 4 is 27.7 Å². The van der Waals surface area contributed by atoms with E-state index in [1.54, 1.807) is 18.0 Å². The van der Waals surface area contributed by atoms with Crippen LogP contribution in [0.5, 0.6) is 0 Å². The van der Waals surface area contributed by atoms with Crippen LogP contribution in [0.25, 0.3) is 0 Å². The molecule has 2 rings (SSSR count). The summed E-state index contributed by atoms with van der Waals surface area (Å²) < 4.78 is 1.02. The Hall–Kier alpha value is -0.840. The van der Waals surface area contributed by atoms with Gasteiger partial charge in [-0.25, -0.2) is 4.98 Å². The average molecular weight is 351 g/mol. The highest BCUT2D eigenvalue weighted by Gasteiger charge is 2.17. The molecule has 0 radical (unpaired) electrons. The Balaban J connectivity index is 2.08. The van der Waals surface area contributed by atoms with Crippen LogP contribution in [-0.2, 0) is 6.42 Å². The molecule has 0 spiro atoms. The highest BCUT2D eigenvalue weighted by molar-refractivity contribution is 9.10. The van der Waals surface area contributed by atoms with Crippen molar-refractivity contribution < 1.29 is 0 Å². The zero-order valence-electron chi connectivity index (χ0n) is 11.7. The standard InChI is InChI=1S/C16H19BrN2S/c1-3-12-6-8-13(9-7-12)15(18)11(2)20-16-14(17)5-4-10-19-16/h4-11,15H,3,18H2,1-2H3. The van der Waals surface area contributed by atoms with Gasteiger partial charge in [0.1, 0.15) is 5.03 Å². The number of rotatable bonds is 5. The maximum atomic E-state index is 6.36. The molecule has 1 aromatic heterocycles. The topological polar surface area (TPSA) is 38.9 Å². The third kappa shape index (κ3) is 3.84. The molecule has 20 heavy (non-hydrogen) atoms. The van der Waals surface area contributed by atoms with Crippen LogP contribution in [0.4, 0.5) is 0 Å². The van der Waals surface area contributed by atoms with Crippen molar-refractivity contribution in [3.05, 3.63) is 58.2 Å². The number of thioether (sulfide) groups is 1. The minimum absolute atomic E-state index is 0.000174. The van der Waals surface area contributed by atoms with Crippen molar-refractivity contribution in [1.29, 1.82) is 0 Å². The molecule has 2 aromatic rings. The molecule has 2 nitrogen and oxygen atoms in total. The molecular formula is C16H19BrN2S. The fraction of sp³-hybridized carbons (Fsp3) is 0.312. The molecule has 0 saturated heterocycles. The summed E-state index contributed by atoms with van der Waals surface area (Å²) in [6, 6.07) is 12.5. The number of hydrogen-bond acceptors (Lipinski definition) is 3. The summed E-state index contributed by atoms with van der Waals surface area (Å²) in [5.41, 5.74) is 8.88. The number of halogens is 1. The summed E-state index contributed by atoms with van der Waals surface area (Å²) in [7, 11) is 0. The summed E-state index contributed by atoms with van der Waals surface area (Å²) in [5, 5.41) is 1.24. The fourth-order valence-electron chi connectivity index (χ4n) is 1.95. The lowest BCUT2D eigenvalue weighted by Crippen LogP contribution is -2.21. The van der Waals surface area contributed by atoms with Crippen molar-refractivity contribution in [1.82, 2.24) is 4.98 Å². The second-order valence-electron chi connectivity index (χ2n) is 4.73.